The Labute approximate surface area is 327 Å². The van der Waals surface area contributed by atoms with E-state index in [9.17, 15) is 14.4 Å². The van der Waals surface area contributed by atoms with Gasteiger partial charge in [-0.1, -0.05) is 54.6 Å². The van der Waals surface area contributed by atoms with Crippen LogP contribution in [0.3, 0.4) is 0 Å². The molecule has 0 spiro atoms. The van der Waals surface area contributed by atoms with Crippen molar-refractivity contribution in [3.8, 4) is 0 Å². The number of amides is 4. The van der Waals surface area contributed by atoms with Gasteiger partial charge in [0.05, 0.1) is 18.7 Å². The quantitative estimate of drug-likeness (QED) is 0.206. The number of benzene rings is 3. The van der Waals surface area contributed by atoms with Crippen LogP contribution in [0, 0.1) is 5.82 Å². The Hall–Kier alpha value is -4.91. The Morgan fingerprint density at radius 2 is 1.53 bits per heavy atom. The molecule has 1 N–H and O–H groups in total. The molecule has 0 radical (unpaired) electrons. The number of likely N-dealkylation sites (N-methyl/N-ethyl adjacent to an activating group) is 1. The highest BCUT2D eigenvalue weighted by Gasteiger charge is 2.45. The number of fused-ring (bicyclic) bond motifs is 1. The second-order valence-corrected chi connectivity index (χ2v) is 16.8. The molecule has 0 bridgehead atoms. The van der Waals surface area contributed by atoms with Gasteiger partial charge < -0.3 is 24.6 Å². The van der Waals surface area contributed by atoms with E-state index in [-0.39, 0.29) is 19.5 Å². The number of esters is 1. The van der Waals surface area contributed by atoms with Crippen molar-refractivity contribution >= 4 is 41.5 Å². The lowest BCUT2D eigenvalue weighted by Crippen LogP contribution is -2.63. The Kier molecular flexibility index (Phi) is 13.8. The molecule has 4 atom stereocenters. The number of halogens is 1. The lowest BCUT2D eigenvalue weighted by Gasteiger charge is -2.44. The summed E-state index contributed by atoms with van der Waals surface area (Å²) in [6.45, 7) is 12.3. The van der Waals surface area contributed by atoms with E-state index < -0.39 is 70.1 Å². The molecule has 0 aromatic heterocycles. The van der Waals surface area contributed by atoms with E-state index in [1.54, 1.807) is 82.0 Å². The van der Waals surface area contributed by atoms with Crippen molar-refractivity contribution in [2.24, 2.45) is 0 Å². The maximum absolute atomic E-state index is 15.3. The van der Waals surface area contributed by atoms with Crippen molar-refractivity contribution in [2.45, 2.75) is 102 Å². The van der Waals surface area contributed by atoms with Gasteiger partial charge in [-0.3, -0.25) is 19.3 Å². The molecule has 4 amide bonds. The van der Waals surface area contributed by atoms with Crippen LogP contribution in [0.5, 0.6) is 0 Å². The van der Waals surface area contributed by atoms with Crippen LogP contribution in [0.4, 0.5) is 9.18 Å². The molecule has 296 valence electrons. The first-order chi connectivity index (χ1) is 25.8. The van der Waals surface area contributed by atoms with E-state index in [4.69, 9.17) is 9.47 Å². The number of carbonyl (C=O) groups is 5. The number of hydrogen-bond acceptors (Lipinski definition) is 8. The lowest BCUT2D eigenvalue weighted by molar-refractivity contribution is -0.151. The van der Waals surface area contributed by atoms with Gasteiger partial charge in [-0.2, -0.15) is 11.8 Å². The standard InChI is InChI=1S/C42H53FN4O7S/c1-26(32-17-13-14-18-33(32)43)46(24-28-19-21-29(22-20-28)39(51)53-9)37(49)34-23-30-15-11-12-16-31(30)25-47(34)38(50)35(42(6,7)55-10)44-36(48)27(2)45(8)40(52)54-41(3,4)5/h11-22,26-27,34-35H,23-25H2,1-10H3,(H,44,48)/t26-,27+,34+,35-/m1/s1. The van der Waals surface area contributed by atoms with Crippen LogP contribution in [0.15, 0.2) is 72.8 Å². The zero-order valence-electron chi connectivity index (χ0n) is 33.3. The van der Waals surface area contributed by atoms with E-state index in [1.165, 1.54) is 41.8 Å². The van der Waals surface area contributed by atoms with Crippen LogP contribution in [0.1, 0.15) is 87.1 Å². The fourth-order valence-corrected chi connectivity index (χ4v) is 6.76. The number of ether oxygens (including phenoxy) is 2. The largest absolute Gasteiger partial charge is 0.465 e. The van der Waals surface area contributed by atoms with Crippen LogP contribution in [-0.2, 0) is 43.4 Å². The molecular formula is C42H53FN4O7S. The van der Waals surface area contributed by atoms with Gasteiger partial charge in [-0.25, -0.2) is 14.0 Å². The highest BCUT2D eigenvalue weighted by molar-refractivity contribution is 8.00. The number of nitrogens with zero attached hydrogens (tertiary/aromatic N) is 3. The number of nitrogens with one attached hydrogen (secondary N) is 1. The van der Waals surface area contributed by atoms with Crippen molar-refractivity contribution in [1.82, 2.24) is 20.0 Å². The molecule has 3 aromatic carbocycles. The SMILES string of the molecule is COC(=O)c1ccc(CN(C(=O)[C@@H]2Cc3ccccc3CN2C(=O)[C@@H](NC(=O)[C@H](C)N(C)C(=O)OC(C)(C)C)C(C)(C)SC)[C@H](C)c2ccccc2F)cc1. The summed E-state index contributed by atoms with van der Waals surface area (Å²) < 4.78 is 24.8. The number of hydrogen-bond donors (Lipinski definition) is 1. The van der Waals surface area contributed by atoms with Crippen LogP contribution < -0.4 is 5.32 Å². The van der Waals surface area contributed by atoms with E-state index in [0.717, 1.165) is 11.1 Å². The normalized spacial score (nSPS) is 15.8. The highest BCUT2D eigenvalue weighted by atomic mass is 32.2. The van der Waals surface area contributed by atoms with Gasteiger partial charge in [0, 0.05) is 36.9 Å². The molecular weight excluding hydrogens is 724 g/mol. The molecule has 0 unspecified atom stereocenters. The fourth-order valence-electron chi connectivity index (χ4n) is 6.36. The van der Waals surface area contributed by atoms with Crippen LogP contribution >= 0.6 is 11.8 Å². The van der Waals surface area contributed by atoms with Gasteiger partial charge in [0.1, 0.15) is 29.5 Å². The van der Waals surface area contributed by atoms with Crippen molar-refractivity contribution in [3.05, 3.63) is 106 Å². The monoisotopic (exact) mass is 776 g/mol. The summed E-state index contributed by atoms with van der Waals surface area (Å²) >= 11 is 1.38. The minimum Gasteiger partial charge on any atom is -0.465 e. The molecule has 11 nitrogen and oxygen atoms in total. The summed E-state index contributed by atoms with van der Waals surface area (Å²) in [4.78, 5) is 73.2. The molecule has 1 aliphatic rings. The van der Waals surface area contributed by atoms with E-state index in [2.05, 4.69) is 5.32 Å². The highest BCUT2D eigenvalue weighted by Crippen LogP contribution is 2.33. The Morgan fingerprint density at radius 1 is 0.927 bits per heavy atom. The number of methoxy groups -OCH3 is 1. The lowest BCUT2D eigenvalue weighted by atomic mass is 9.90. The van der Waals surface area contributed by atoms with Crippen molar-refractivity contribution in [3.63, 3.8) is 0 Å². The number of rotatable bonds is 12. The first-order valence-corrected chi connectivity index (χ1v) is 19.4. The van der Waals surface area contributed by atoms with Crippen LogP contribution in [0.25, 0.3) is 0 Å². The third-order valence-corrected chi connectivity index (χ3v) is 11.3. The van der Waals surface area contributed by atoms with Gasteiger partial charge in [0.15, 0.2) is 0 Å². The summed E-state index contributed by atoms with van der Waals surface area (Å²) in [6.07, 6.45) is 1.32. The summed E-state index contributed by atoms with van der Waals surface area (Å²) in [5.41, 5.74) is 2.28. The minimum absolute atomic E-state index is 0.0426. The zero-order chi connectivity index (χ0) is 40.8. The van der Waals surface area contributed by atoms with Gasteiger partial charge in [-0.05, 0) is 89.6 Å². The summed E-state index contributed by atoms with van der Waals surface area (Å²) in [6, 6.07) is 16.6. The minimum atomic E-state index is -1.12. The van der Waals surface area contributed by atoms with Gasteiger partial charge in [0.25, 0.3) is 0 Å². The maximum Gasteiger partial charge on any atom is 0.410 e. The molecule has 1 aliphatic heterocycles. The first kappa shape index (κ1) is 42.8. The molecule has 1 heterocycles. The van der Waals surface area contributed by atoms with E-state index >= 15 is 14.0 Å². The second kappa shape index (κ2) is 17.7. The second-order valence-electron chi connectivity index (χ2n) is 15.3. The molecule has 3 aromatic rings. The molecule has 0 fully saturated rings. The predicted molar refractivity (Wildman–Crippen MR) is 211 cm³/mol. The molecule has 0 saturated carbocycles. The smallest absolute Gasteiger partial charge is 0.410 e. The third-order valence-electron chi connectivity index (χ3n) is 10.0. The van der Waals surface area contributed by atoms with Gasteiger partial charge in [-0.15, -0.1) is 0 Å². The Bertz CT molecular complexity index is 1880. The van der Waals surface area contributed by atoms with Crippen LogP contribution in [-0.4, -0.2) is 93.4 Å². The third kappa shape index (κ3) is 10.2. The molecule has 55 heavy (non-hydrogen) atoms. The van der Waals surface area contributed by atoms with Crippen LogP contribution in [0.2, 0.25) is 0 Å². The first-order valence-electron chi connectivity index (χ1n) is 18.2. The van der Waals surface area contributed by atoms with E-state index in [0.29, 0.717) is 16.7 Å². The molecule has 0 saturated heterocycles. The van der Waals surface area contributed by atoms with Crippen molar-refractivity contribution < 1.29 is 37.8 Å². The van der Waals surface area contributed by atoms with Gasteiger partial charge >= 0.3 is 12.1 Å². The van der Waals surface area contributed by atoms with E-state index in [1.807, 2.05) is 44.4 Å². The molecule has 0 aliphatic carbocycles. The summed E-state index contributed by atoms with van der Waals surface area (Å²) in [7, 11) is 2.75. The zero-order valence-corrected chi connectivity index (χ0v) is 34.2. The molecule has 13 heteroatoms. The Balaban J connectivity index is 1.76. The number of thioether (sulfide) groups is 1. The van der Waals surface area contributed by atoms with Crippen molar-refractivity contribution in [2.75, 3.05) is 20.4 Å². The predicted octanol–water partition coefficient (Wildman–Crippen LogP) is 6.54. The Morgan fingerprint density at radius 3 is 2.11 bits per heavy atom. The average molecular weight is 777 g/mol. The summed E-state index contributed by atoms with van der Waals surface area (Å²) in [5.74, 6) is -2.45. The van der Waals surface area contributed by atoms with Crippen molar-refractivity contribution in [1.29, 1.82) is 0 Å². The summed E-state index contributed by atoms with van der Waals surface area (Å²) in [5, 5.41) is 2.92. The fraction of sp³-hybridized carbons (Fsp3) is 0.452. The average Bonchev–Trinajstić information content (AvgIpc) is 3.16. The molecule has 4 rings (SSSR count). The maximum atomic E-state index is 15.3. The topological polar surface area (TPSA) is 126 Å². The van der Waals surface area contributed by atoms with Gasteiger partial charge in [0.2, 0.25) is 17.7 Å². The number of carbonyl (C=O) groups excluding carboxylic acids is 5.